The van der Waals surface area contributed by atoms with Gasteiger partial charge in [-0.3, -0.25) is 4.79 Å². The molecule has 1 aliphatic carbocycles. The van der Waals surface area contributed by atoms with Gasteiger partial charge in [-0.1, -0.05) is 12.2 Å². The van der Waals surface area contributed by atoms with E-state index in [9.17, 15) is 13.2 Å². The highest BCUT2D eigenvalue weighted by atomic mass is 32.2. The minimum Gasteiger partial charge on any atom is -0.481 e. The first kappa shape index (κ1) is 13.5. The molecule has 1 fully saturated rings. The molecule has 0 bridgehead atoms. The topological polar surface area (TPSA) is 95.9 Å². The number of nitrogens with one attached hydrogen (secondary N) is 1. The Morgan fingerprint density at radius 2 is 2.00 bits per heavy atom. The lowest BCUT2D eigenvalue weighted by Crippen LogP contribution is -2.49. The van der Waals surface area contributed by atoms with E-state index in [4.69, 9.17) is 9.84 Å². The number of ether oxygens (including phenoxy) is 1. The Bertz CT molecular complexity index is 441. The van der Waals surface area contributed by atoms with E-state index in [1.54, 1.807) is 6.08 Å². The van der Waals surface area contributed by atoms with E-state index in [1.165, 1.54) is 10.4 Å². The van der Waals surface area contributed by atoms with Crippen LogP contribution in [0.5, 0.6) is 0 Å². The van der Waals surface area contributed by atoms with Gasteiger partial charge in [0.25, 0.3) is 10.2 Å². The lowest BCUT2D eigenvalue weighted by Gasteiger charge is -2.27. The summed E-state index contributed by atoms with van der Waals surface area (Å²) < 4.78 is 32.9. The van der Waals surface area contributed by atoms with Crippen molar-refractivity contribution >= 4 is 16.2 Å². The van der Waals surface area contributed by atoms with Gasteiger partial charge in [-0.15, -0.1) is 0 Å². The van der Waals surface area contributed by atoms with Crippen molar-refractivity contribution in [3.8, 4) is 0 Å². The lowest BCUT2D eigenvalue weighted by molar-refractivity contribution is -0.140. The summed E-state index contributed by atoms with van der Waals surface area (Å²) >= 11 is 0. The first-order chi connectivity index (χ1) is 8.49. The number of hydrogen-bond donors (Lipinski definition) is 2. The number of nitrogens with zero attached hydrogens (tertiary/aromatic N) is 1. The highest BCUT2D eigenvalue weighted by Gasteiger charge is 2.30. The Balaban J connectivity index is 1.93. The Labute approximate surface area is 106 Å². The van der Waals surface area contributed by atoms with Gasteiger partial charge < -0.3 is 9.84 Å². The molecule has 0 aromatic heterocycles. The molecule has 0 spiro atoms. The second kappa shape index (κ2) is 5.35. The average molecular weight is 276 g/mol. The van der Waals surface area contributed by atoms with Crippen LogP contribution in [-0.2, 0) is 19.7 Å². The Morgan fingerprint density at radius 3 is 2.56 bits per heavy atom. The molecule has 2 atom stereocenters. The van der Waals surface area contributed by atoms with E-state index in [2.05, 4.69) is 4.72 Å². The third-order valence-electron chi connectivity index (χ3n) is 3.01. The highest BCUT2D eigenvalue weighted by molar-refractivity contribution is 7.87. The second-order valence-corrected chi connectivity index (χ2v) is 6.01. The van der Waals surface area contributed by atoms with Crippen molar-refractivity contribution in [3.05, 3.63) is 12.2 Å². The second-order valence-electron chi connectivity index (χ2n) is 4.31. The van der Waals surface area contributed by atoms with Gasteiger partial charge in [0, 0.05) is 19.1 Å². The molecular formula is C10H16N2O5S. The maximum atomic E-state index is 12.0. The quantitative estimate of drug-likeness (QED) is 0.654. The highest BCUT2D eigenvalue weighted by Crippen LogP contribution is 2.19. The van der Waals surface area contributed by atoms with E-state index in [0.29, 0.717) is 26.3 Å². The Hall–Kier alpha value is -0.960. The van der Waals surface area contributed by atoms with Crippen LogP contribution in [-0.4, -0.2) is 56.1 Å². The minimum atomic E-state index is -3.56. The molecule has 102 valence electrons. The molecule has 0 aromatic rings. The standard InChI is InChI=1S/C10H16N2O5S/c13-10(14)8-1-2-9(7-8)11-18(15,16)12-3-5-17-6-4-12/h1-2,8-9,11H,3-7H2,(H,13,14). The molecule has 1 heterocycles. The minimum absolute atomic E-state index is 0.263. The summed E-state index contributed by atoms with van der Waals surface area (Å²) in [5.41, 5.74) is 0. The van der Waals surface area contributed by atoms with Crippen LogP contribution in [0, 0.1) is 5.92 Å². The van der Waals surface area contributed by atoms with Crippen molar-refractivity contribution in [2.24, 2.45) is 5.92 Å². The molecule has 0 saturated carbocycles. The van der Waals surface area contributed by atoms with Gasteiger partial charge in [-0.2, -0.15) is 17.4 Å². The van der Waals surface area contributed by atoms with E-state index >= 15 is 0 Å². The first-order valence-electron chi connectivity index (χ1n) is 5.75. The number of carbonyl (C=O) groups is 1. The average Bonchev–Trinajstić information content (AvgIpc) is 2.78. The fourth-order valence-electron chi connectivity index (χ4n) is 2.02. The zero-order valence-corrected chi connectivity index (χ0v) is 10.6. The maximum absolute atomic E-state index is 12.0. The van der Waals surface area contributed by atoms with Crippen LogP contribution in [0.4, 0.5) is 0 Å². The predicted molar refractivity (Wildman–Crippen MR) is 63.1 cm³/mol. The molecule has 7 nitrogen and oxygen atoms in total. The molecule has 1 saturated heterocycles. The van der Waals surface area contributed by atoms with Crippen LogP contribution < -0.4 is 4.72 Å². The van der Waals surface area contributed by atoms with E-state index in [-0.39, 0.29) is 6.42 Å². The Kier molecular flexibility index (Phi) is 4.00. The zero-order chi connectivity index (χ0) is 13.2. The van der Waals surface area contributed by atoms with Gasteiger partial charge in [0.15, 0.2) is 0 Å². The summed E-state index contributed by atoms with van der Waals surface area (Å²) in [6.45, 7) is 1.43. The number of carboxylic acid groups (broad SMARTS) is 1. The number of rotatable bonds is 4. The SMILES string of the molecule is O=C(O)C1C=CC(NS(=O)(=O)N2CCOCC2)C1. The number of carboxylic acids is 1. The zero-order valence-electron chi connectivity index (χ0n) is 9.78. The van der Waals surface area contributed by atoms with Crippen LogP contribution in [0.1, 0.15) is 6.42 Å². The summed E-state index contributed by atoms with van der Waals surface area (Å²) in [7, 11) is -3.56. The van der Waals surface area contributed by atoms with Gasteiger partial charge in [0.1, 0.15) is 0 Å². The van der Waals surface area contributed by atoms with E-state index < -0.39 is 28.1 Å². The molecule has 2 aliphatic rings. The van der Waals surface area contributed by atoms with Crippen molar-refractivity contribution in [1.82, 2.24) is 9.03 Å². The van der Waals surface area contributed by atoms with Crippen LogP contribution >= 0.6 is 0 Å². The molecule has 8 heteroatoms. The summed E-state index contributed by atoms with van der Waals surface area (Å²) in [5.74, 6) is -1.54. The third kappa shape index (κ3) is 3.08. The van der Waals surface area contributed by atoms with Gasteiger partial charge >= 0.3 is 5.97 Å². The molecular weight excluding hydrogens is 260 g/mol. The normalized spacial score (nSPS) is 29.6. The molecule has 0 aromatic carbocycles. The number of morpholine rings is 1. The first-order valence-corrected chi connectivity index (χ1v) is 7.19. The van der Waals surface area contributed by atoms with Crippen molar-refractivity contribution in [1.29, 1.82) is 0 Å². The maximum Gasteiger partial charge on any atom is 0.310 e. The van der Waals surface area contributed by atoms with Crippen molar-refractivity contribution < 1.29 is 23.1 Å². The molecule has 2 unspecified atom stereocenters. The van der Waals surface area contributed by atoms with Crippen LogP contribution in [0.25, 0.3) is 0 Å². The molecule has 0 radical (unpaired) electrons. The number of aliphatic carboxylic acids is 1. The fourth-order valence-corrected chi connectivity index (χ4v) is 3.36. The van der Waals surface area contributed by atoms with Crippen LogP contribution in [0.2, 0.25) is 0 Å². The molecule has 2 N–H and O–H groups in total. The number of hydrogen-bond acceptors (Lipinski definition) is 4. The largest absolute Gasteiger partial charge is 0.481 e. The molecule has 18 heavy (non-hydrogen) atoms. The van der Waals surface area contributed by atoms with E-state index in [1.807, 2.05) is 0 Å². The predicted octanol–water partition coefficient (Wildman–Crippen LogP) is -0.818. The third-order valence-corrected chi connectivity index (χ3v) is 4.66. The van der Waals surface area contributed by atoms with Crippen molar-refractivity contribution in [2.75, 3.05) is 26.3 Å². The van der Waals surface area contributed by atoms with Gasteiger partial charge in [0.05, 0.1) is 19.1 Å². The summed E-state index contributed by atoms with van der Waals surface area (Å²) in [4.78, 5) is 10.8. The lowest BCUT2D eigenvalue weighted by atomic mass is 10.1. The van der Waals surface area contributed by atoms with Gasteiger partial charge in [-0.25, -0.2) is 0 Å². The van der Waals surface area contributed by atoms with Crippen LogP contribution in [0.3, 0.4) is 0 Å². The summed E-state index contributed by atoms with van der Waals surface area (Å²) in [6.07, 6.45) is 3.38. The molecule has 2 rings (SSSR count). The molecule has 1 aliphatic heterocycles. The summed E-state index contributed by atoms with van der Waals surface area (Å²) in [5, 5.41) is 8.82. The van der Waals surface area contributed by atoms with Gasteiger partial charge in [0.2, 0.25) is 0 Å². The van der Waals surface area contributed by atoms with Gasteiger partial charge in [-0.05, 0) is 6.42 Å². The van der Waals surface area contributed by atoms with Crippen molar-refractivity contribution in [2.45, 2.75) is 12.5 Å². The summed E-state index contributed by atoms with van der Waals surface area (Å²) in [6, 6.07) is -0.445. The Morgan fingerprint density at radius 1 is 1.33 bits per heavy atom. The smallest absolute Gasteiger partial charge is 0.310 e. The monoisotopic (exact) mass is 276 g/mol. The van der Waals surface area contributed by atoms with Crippen molar-refractivity contribution in [3.63, 3.8) is 0 Å². The fraction of sp³-hybridized carbons (Fsp3) is 0.700. The van der Waals surface area contributed by atoms with E-state index in [0.717, 1.165) is 0 Å². The van der Waals surface area contributed by atoms with Crippen LogP contribution in [0.15, 0.2) is 12.2 Å². The molecule has 0 amide bonds.